The number of rotatable bonds is 7. The number of carbonyl (C=O) groups is 1. The van der Waals surface area contributed by atoms with E-state index in [1.807, 2.05) is 24.3 Å². The summed E-state index contributed by atoms with van der Waals surface area (Å²) in [5, 5.41) is 17.7. The summed E-state index contributed by atoms with van der Waals surface area (Å²) < 4.78 is 6.83. The second-order valence-corrected chi connectivity index (χ2v) is 6.97. The van der Waals surface area contributed by atoms with Crippen molar-refractivity contribution in [2.45, 2.75) is 44.9 Å². The van der Waals surface area contributed by atoms with E-state index < -0.39 is 5.60 Å². The third kappa shape index (κ3) is 4.05. The van der Waals surface area contributed by atoms with Crippen LogP contribution in [0.1, 0.15) is 47.5 Å². The number of nitrogens with one attached hydrogen (secondary N) is 1. The van der Waals surface area contributed by atoms with Crippen LogP contribution in [0, 0.1) is 0 Å². The maximum Gasteiger partial charge on any atom is 0.252 e. The van der Waals surface area contributed by atoms with Crippen LogP contribution in [-0.4, -0.2) is 45.1 Å². The highest BCUT2D eigenvalue weighted by Crippen LogP contribution is 2.27. The standard InChI is InChI=1S/C18H24N4O3/c1-18(2,24)11-22-16(20-15(21-22)8-9-25-3)10-14-12-6-4-5-7-13(12)17(23)19-14/h4-7,14,24H,8-11H2,1-3H3,(H,19,23)/t14-/m1/s1. The van der Waals surface area contributed by atoms with Crippen LogP contribution in [0.2, 0.25) is 0 Å². The summed E-state index contributed by atoms with van der Waals surface area (Å²) in [7, 11) is 1.64. The van der Waals surface area contributed by atoms with Crippen LogP contribution in [0.5, 0.6) is 0 Å². The minimum Gasteiger partial charge on any atom is -0.389 e. The molecule has 3 rings (SSSR count). The van der Waals surface area contributed by atoms with Crippen LogP contribution in [0.4, 0.5) is 0 Å². The Morgan fingerprint density at radius 1 is 1.36 bits per heavy atom. The molecule has 7 nitrogen and oxygen atoms in total. The van der Waals surface area contributed by atoms with Crippen molar-refractivity contribution < 1.29 is 14.6 Å². The average Bonchev–Trinajstić information content (AvgIpc) is 3.06. The molecule has 7 heteroatoms. The topological polar surface area (TPSA) is 89.3 Å². The van der Waals surface area contributed by atoms with Crippen LogP contribution in [-0.2, 0) is 24.1 Å². The lowest BCUT2D eigenvalue weighted by Gasteiger charge is -2.19. The number of ether oxygens (including phenoxy) is 1. The number of fused-ring (bicyclic) bond motifs is 1. The maximum atomic E-state index is 12.1. The number of hydrogen-bond acceptors (Lipinski definition) is 5. The number of carbonyl (C=O) groups excluding carboxylic acids is 1. The molecule has 134 valence electrons. The van der Waals surface area contributed by atoms with Gasteiger partial charge in [0.1, 0.15) is 5.82 Å². The van der Waals surface area contributed by atoms with Crippen molar-refractivity contribution in [3.8, 4) is 0 Å². The van der Waals surface area contributed by atoms with Gasteiger partial charge in [-0.05, 0) is 25.5 Å². The molecule has 2 heterocycles. The van der Waals surface area contributed by atoms with Gasteiger partial charge in [-0.1, -0.05) is 18.2 Å². The van der Waals surface area contributed by atoms with Crippen molar-refractivity contribution in [2.75, 3.05) is 13.7 Å². The van der Waals surface area contributed by atoms with E-state index in [2.05, 4.69) is 15.4 Å². The van der Waals surface area contributed by atoms with Crippen molar-refractivity contribution in [1.82, 2.24) is 20.1 Å². The molecule has 0 unspecified atom stereocenters. The Hall–Kier alpha value is -2.25. The Morgan fingerprint density at radius 2 is 2.12 bits per heavy atom. The molecule has 0 saturated heterocycles. The minimum atomic E-state index is -0.905. The fraction of sp³-hybridized carbons (Fsp3) is 0.500. The van der Waals surface area contributed by atoms with Gasteiger partial charge < -0.3 is 15.2 Å². The third-order valence-electron chi connectivity index (χ3n) is 4.13. The number of amides is 1. The Bertz CT molecular complexity index is 764. The molecule has 1 aliphatic rings. The highest BCUT2D eigenvalue weighted by molar-refractivity contribution is 5.99. The summed E-state index contributed by atoms with van der Waals surface area (Å²) in [6, 6.07) is 7.44. The molecule has 0 saturated carbocycles. The average molecular weight is 344 g/mol. The Kier molecular flexibility index (Phi) is 4.87. The van der Waals surface area contributed by atoms with E-state index in [0.717, 1.165) is 11.4 Å². The zero-order chi connectivity index (χ0) is 18.0. The molecule has 0 radical (unpaired) electrons. The minimum absolute atomic E-state index is 0.0613. The normalized spacial score (nSPS) is 16.8. The van der Waals surface area contributed by atoms with Crippen molar-refractivity contribution in [2.24, 2.45) is 0 Å². The second-order valence-electron chi connectivity index (χ2n) is 6.97. The van der Waals surface area contributed by atoms with Gasteiger partial charge in [-0.2, -0.15) is 5.10 Å². The third-order valence-corrected chi connectivity index (χ3v) is 4.13. The number of aliphatic hydroxyl groups is 1. The van der Waals surface area contributed by atoms with Crippen molar-refractivity contribution in [1.29, 1.82) is 0 Å². The molecule has 1 amide bonds. The van der Waals surface area contributed by atoms with Gasteiger partial charge in [0.05, 0.1) is 24.8 Å². The second kappa shape index (κ2) is 6.93. The van der Waals surface area contributed by atoms with E-state index in [-0.39, 0.29) is 11.9 Å². The quantitative estimate of drug-likeness (QED) is 0.789. The van der Waals surface area contributed by atoms with E-state index >= 15 is 0 Å². The smallest absolute Gasteiger partial charge is 0.252 e. The molecular formula is C18H24N4O3. The largest absolute Gasteiger partial charge is 0.389 e. The lowest BCUT2D eigenvalue weighted by Crippen LogP contribution is -2.29. The molecule has 0 bridgehead atoms. The Balaban J connectivity index is 1.86. The molecule has 0 spiro atoms. The molecule has 1 aromatic carbocycles. The van der Waals surface area contributed by atoms with E-state index in [1.165, 1.54) is 0 Å². The molecule has 0 fully saturated rings. The van der Waals surface area contributed by atoms with Crippen molar-refractivity contribution in [3.05, 3.63) is 47.0 Å². The highest BCUT2D eigenvalue weighted by Gasteiger charge is 2.30. The van der Waals surface area contributed by atoms with E-state index in [4.69, 9.17) is 4.74 Å². The fourth-order valence-corrected chi connectivity index (χ4v) is 3.03. The monoisotopic (exact) mass is 344 g/mol. The lowest BCUT2D eigenvalue weighted by atomic mass is 10.0. The summed E-state index contributed by atoms with van der Waals surface area (Å²) in [6.45, 7) is 4.35. The van der Waals surface area contributed by atoms with Crippen LogP contribution in [0.25, 0.3) is 0 Å². The summed E-state index contributed by atoms with van der Waals surface area (Å²) in [6.07, 6.45) is 1.13. The van der Waals surface area contributed by atoms with E-state index in [0.29, 0.717) is 37.4 Å². The van der Waals surface area contributed by atoms with Gasteiger partial charge in [-0.3, -0.25) is 4.79 Å². The molecule has 25 heavy (non-hydrogen) atoms. The highest BCUT2D eigenvalue weighted by atomic mass is 16.5. The number of aromatic nitrogens is 3. The van der Waals surface area contributed by atoms with Gasteiger partial charge in [0, 0.05) is 25.5 Å². The van der Waals surface area contributed by atoms with Gasteiger partial charge in [-0.25, -0.2) is 9.67 Å². The van der Waals surface area contributed by atoms with Gasteiger partial charge in [-0.15, -0.1) is 0 Å². The molecular weight excluding hydrogens is 320 g/mol. The SMILES string of the molecule is COCCc1nc(C[C@H]2NC(=O)c3ccccc32)n(CC(C)(C)O)n1. The molecule has 2 aromatic rings. The Labute approximate surface area is 147 Å². The predicted octanol–water partition coefficient (Wildman–Crippen LogP) is 1.27. The first-order valence-electron chi connectivity index (χ1n) is 8.41. The molecule has 1 aromatic heterocycles. The first-order valence-corrected chi connectivity index (χ1v) is 8.41. The summed E-state index contributed by atoms with van der Waals surface area (Å²) in [5.74, 6) is 1.36. The summed E-state index contributed by atoms with van der Waals surface area (Å²) >= 11 is 0. The molecule has 2 N–H and O–H groups in total. The molecule has 1 atom stereocenters. The summed E-state index contributed by atoms with van der Waals surface area (Å²) in [5.41, 5.74) is 0.780. The van der Waals surface area contributed by atoms with Crippen LogP contribution in [0.15, 0.2) is 24.3 Å². The van der Waals surface area contributed by atoms with Crippen LogP contribution >= 0.6 is 0 Å². The first-order chi connectivity index (χ1) is 11.9. The molecule has 0 aliphatic carbocycles. The fourth-order valence-electron chi connectivity index (χ4n) is 3.03. The van der Waals surface area contributed by atoms with Crippen LogP contribution < -0.4 is 5.32 Å². The number of nitrogens with zero attached hydrogens (tertiary/aromatic N) is 3. The van der Waals surface area contributed by atoms with Crippen LogP contribution in [0.3, 0.4) is 0 Å². The number of methoxy groups -OCH3 is 1. The van der Waals surface area contributed by atoms with Crippen molar-refractivity contribution in [3.63, 3.8) is 0 Å². The van der Waals surface area contributed by atoms with Crippen molar-refractivity contribution >= 4 is 5.91 Å². The van der Waals surface area contributed by atoms with E-state index in [1.54, 1.807) is 25.6 Å². The lowest BCUT2D eigenvalue weighted by molar-refractivity contribution is 0.0563. The molecule has 1 aliphatic heterocycles. The Morgan fingerprint density at radius 3 is 2.84 bits per heavy atom. The maximum absolute atomic E-state index is 12.1. The van der Waals surface area contributed by atoms with Gasteiger partial charge >= 0.3 is 0 Å². The zero-order valence-corrected chi connectivity index (χ0v) is 14.8. The van der Waals surface area contributed by atoms with Gasteiger partial charge in [0.2, 0.25) is 0 Å². The predicted molar refractivity (Wildman–Crippen MR) is 92.3 cm³/mol. The first kappa shape index (κ1) is 17.6. The van der Waals surface area contributed by atoms with Gasteiger partial charge in [0.25, 0.3) is 5.91 Å². The summed E-state index contributed by atoms with van der Waals surface area (Å²) in [4.78, 5) is 16.7. The number of benzene rings is 1. The number of hydrogen-bond donors (Lipinski definition) is 2. The van der Waals surface area contributed by atoms with Gasteiger partial charge in [0.15, 0.2) is 5.82 Å². The van der Waals surface area contributed by atoms with E-state index in [9.17, 15) is 9.90 Å². The zero-order valence-electron chi connectivity index (χ0n) is 14.8.